The number of fused-ring (bicyclic) bond motifs is 1. The number of hydrogen-bond acceptors (Lipinski definition) is 3. The summed E-state index contributed by atoms with van der Waals surface area (Å²) in [6, 6.07) is 4.52. The first-order chi connectivity index (χ1) is 9.20. The summed E-state index contributed by atoms with van der Waals surface area (Å²) in [5.41, 5.74) is 0.762. The van der Waals surface area contributed by atoms with Gasteiger partial charge in [-0.15, -0.1) is 0 Å². The first-order valence-electron chi connectivity index (χ1n) is 6.25. The van der Waals surface area contributed by atoms with E-state index in [1.807, 2.05) is 0 Å². The van der Waals surface area contributed by atoms with E-state index in [-0.39, 0.29) is 17.3 Å². The van der Waals surface area contributed by atoms with Crippen molar-refractivity contribution in [2.24, 2.45) is 0 Å². The summed E-state index contributed by atoms with van der Waals surface area (Å²) in [6.07, 6.45) is 1.68. The van der Waals surface area contributed by atoms with Gasteiger partial charge in [-0.05, 0) is 32.0 Å². The fourth-order valence-electron chi connectivity index (χ4n) is 2.66. The third-order valence-corrected chi connectivity index (χ3v) is 3.60. The van der Waals surface area contributed by atoms with E-state index in [9.17, 15) is 9.18 Å². The van der Waals surface area contributed by atoms with Crippen LogP contribution in [-0.2, 0) is 0 Å². The lowest BCUT2D eigenvalue weighted by Gasteiger charge is -2.23. The van der Waals surface area contributed by atoms with Crippen molar-refractivity contribution in [3.8, 4) is 6.07 Å². The van der Waals surface area contributed by atoms with E-state index in [2.05, 4.69) is 10.3 Å². The summed E-state index contributed by atoms with van der Waals surface area (Å²) in [7, 11) is 0. The molecule has 0 aliphatic carbocycles. The molecule has 19 heavy (non-hydrogen) atoms. The number of nitrogens with zero attached hydrogens (tertiary/aromatic N) is 2. The maximum atomic E-state index is 13.7. The predicted molar refractivity (Wildman–Crippen MR) is 68.4 cm³/mol. The molecule has 1 aliphatic rings. The third kappa shape index (κ3) is 1.92. The van der Waals surface area contributed by atoms with Crippen LogP contribution in [0.25, 0.3) is 11.0 Å². The Morgan fingerprint density at radius 2 is 2.11 bits per heavy atom. The summed E-state index contributed by atoms with van der Waals surface area (Å²) >= 11 is 0. The van der Waals surface area contributed by atoms with E-state index in [1.165, 1.54) is 12.1 Å². The summed E-state index contributed by atoms with van der Waals surface area (Å²) in [6.45, 7) is 1.70. The molecule has 0 saturated carbocycles. The molecule has 98 valence electrons. The maximum absolute atomic E-state index is 13.7. The summed E-state index contributed by atoms with van der Waals surface area (Å²) in [4.78, 5) is 14.7. The Kier molecular flexibility index (Phi) is 2.84. The normalized spacial score (nSPS) is 16.6. The van der Waals surface area contributed by atoms with Gasteiger partial charge in [0.2, 0.25) is 0 Å². The Morgan fingerprint density at radius 1 is 1.37 bits per heavy atom. The van der Waals surface area contributed by atoms with Crippen molar-refractivity contribution in [1.82, 2.24) is 14.9 Å². The minimum Gasteiger partial charge on any atom is -0.317 e. The highest BCUT2D eigenvalue weighted by Crippen LogP contribution is 2.23. The average molecular weight is 260 g/mol. The molecular formula is C13H13FN4O. The number of rotatable bonds is 1. The molecule has 2 aromatic rings. The smallest absolute Gasteiger partial charge is 0.317 e. The highest BCUT2D eigenvalue weighted by molar-refractivity contribution is 5.77. The van der Waals surface area contributed by atoms with Crippen LogP contribution in [0, 0.1) is 17.1 Å². The van der Waals surface area contributed by atoms with E-state index in [0.29, 0.717) is 11.0 Å². The monoisotopic (exact) mass is 260 g/mol. The van der Waals surface area contributed by atoms with Crippen LogP contribution in [-0.4, -0.2) is 22.6 Å². The van der Waals surface area contributed by atoms with Crippen molar-refractivity contribution in [1.29, 1.82) is 5.26 Å². The van der Waals surface area contributed by atoms with Crippen LogP contribution in [0.1, 0.15) is 24.4 Å². The summed E-state index contributed by atoms with van der Waals surface area (Å²) in [5.74, 6) is -0.586. The van der Waals surface area contributed by atoms with Gasteiger partial charge in [0.15, 0.2) is 0 Å². The van der Waals surface area contributed by atoms with Crippen molar-refractivity contribution in [3.05, 3.63) is 34.0 Å². The van der Waals surface area contributed by atoms with Gasteiger partial charge in [0.1, 0.15) is 11.9 Å². The molecule has 1 aromatic carbocycles. The number of halogens is 1. The van der Waals surface area contributed by atoms with Crippen LogP contribution >= 0.6 is 0 Å². The number of aromatic nitrogens is 2. The van der Waals surface area contributed by atoms with Gasteiger partial charge >= 0.3 is 5.69 Å². The van der Waals surface area contributed by atoms with E-state index in [4.69, 9.17) is 5.26 Å². The van der Waals surface area contributed by atoms with E-state index in [0.717, 1.165) is 25.9 Å². The predicted octanol–water partition coefficient (Wildman–Crippen LogP) is 1.26. The molecule has 0 atom stereocenters. The van der Waals surface area contributed by atoms with Gasteiger partial charge in [0, 0.05) is 12.1 Å². The van der Waals surface area contributed by atoms with Crippen LogP contribution in [0.4, 0.5) is 4.39 Å². The van der Waals surface area contributed by atoms with Crippen LogP contribution in [0.5, 0.6) is 0 Å². The Morgan fingerprint density at radius 3 is 2.79 bits per heavy atom. The number of nitrogens with one attached hydrogen (secondary N) is 2. The lowest BCUT2D eigenvalue weighted by molar-refractivity contribution is 0.368. The van der Waals surface area contributed by atoms with E-state index in [1.54, 1.807) is 10.6 Å². The molecule has 2 heterocycles. The second kappa shape index (κ2) is 4.52. The van der Waals surface area contributed by atoms with Crippen LogP contribution in [0.15, 0.2) is 16.9 Å². The Hall–Kier alpha value is -2.13. The molecule has 1 saturated heterocycles. The van der Waals surface area contributed by atoms with E-state index < -0.39 is 5.82 Å². The zero-order valence-electron chi connectivity index (χ0n) is 10.2. The van der Waals surface area contributed by atoms with Gasteiger partial charge in [-0.25, -0.2) is 9.18 Å². The topological polar surface area (TPSA) is 73.6 Å². The standard InChI is InChI=1S/C13H13FN4O/c14-10-6-12-11(5-8(10)7-15)17-13(19)18(12)9-1-3-16-4-2-9/h5-6,9,16H,1-4H2,(H,17,19). The van der Waals surface area contributed by atoms with Crippen molar-refractivity contribution in [2.45, 2.75) is 18.9 Å². The van der Waals surface area contributed by atoms with Crippen molar-refractivity contribution >= 4 is 11.0 Å². The molecule has 0 spiro atoms. The molecule has 3 rings (SSSR count). The number of hydrogen-bond donors (Lipinski definition) is 2. The van der Waals surface area contributed by atoms with Crippen molar-refractivity contribution in [2.75, 3.05) is 13.1 Å². The van der Waals surface area contributed by atoms with Crippen LogP contribution < -0.4 is 11.0 Å². The second-order valence-corrected chi connectivity index (χ2v) is 4.74. The second-order valence-electron chi connectivity index (χ2n) is 4.74. The first-order valence-corrected chi connectivity index (χ1v) is 6.25. The van der Waals surface area contributed by atoms with Gasteiger partial charge < -0.3 is 10.3 Å². The number of piperidine rings is 1. The third-order valence-electron chi connectivity index (χ3n) is 3.60. The Bertz CT molecular complexity index is 719. The highest BCUT2D eigenvalue weighted by Gasteiger charge is 2.20. The fraction of sp³-hybridized carbons (Fsp3) is 0.385. The molecular weight excluding hydrogens is 247 g/mol. The van der Waals surface area contributed by atoms with Gasteiger partial charge in [0.05, 0.1) is 16.6 Å². The molecule has 0 unspecified atom stereocenters. The van der Waals surface area contributed by atoms with E-state index >= 15 is 0 Å². The number of H-pyrrole nitrogens is 1. The zero-order valence-corrected chi connectivity index (χ0v) is 10.2. The SMILES string of the molecule is N#Cc1cc2[nH]c(=O)n(C3CCNCC3)c2cc1F. The van der Waals surface area contributed by atoms with Gasteiger partial charge in [-0.3, -0.25) is 4.57 Å². The average Bonchev–Trinajstić information content (AvgIpc) is 2.74. The summed E-state index contributed by atoms with van der Waals surface area (Å²) < 4.78 is 15.3. The number of nitriles is 1. The zero-order chi connectivity index (χ0) is 13.4. The summed E-state index contributed by atoms with van der Waals surface area (Å²) in [5, 5.41) is 12.0. The first kappa shape index (κ1) is 11.9. The van der Waals surface area contributed by atoms with Gasteiger partial charge in [-0.1, -0.05) is 0 Å². The van der Waals surface area contributed by atoms with Crippen LogP contribution in [0.2, 0.25) is 0 Å². The van der Waals surface area contributed by atoms with Crippen LogP contribution in [0.3, 0.4) is 0 Å². The number of benzene rings is 1. The molecule has 1 aliphatic heterocycles. The van der Waals surface area contributed by atoms with Gasteiger partial charge in [-0.2, -0.15) is 5.26 Å². The molecule has 5 nitrogen and oxygen atoms in total. The molecule has 2 N–H and O–H groups in total. The molecule has 0 amide bonds. The Balaban J connectivity index is 2.19. The molecule has 6 heteroatoms. The quantitative estimate of drug-likeness (QED) is 0.810. The minimum atomic E-state index is -0.586. The minimum absolute atomic E-state index is 0.0498. The Labute approximate surface area is 108 Å². The molecule has 1 fully saturated rings. The van der Waals surface area contributed by atoms with Gasteiger partial charge in [0.25, 0.3) is 0 Å². The largest absolute Gasteiger partial charge is 0.326 e. The fourth-order valence-corrected chi connectivity index (χ4v) is 2.66. The molecule has 1 aromatic heterocycles. The molecule has 0 radical (unpaired) electrons. The maximum Gasteiger partial charge on any atom is 0.326 e. The molecule has 0 bridgehead atoms. The highest BCUT2D eigenvalue weighted by atomic mass is 19.1. The lowest BCUT2D eigenvalue weighted by atomic mass is 10.1. The number of aromatic amines is 1. The number of imidazole rings is 1. The van der Waals surface area contributed by atoms with Crippen molar-refractivity contribution in [3.63, 3.8) is 0 Å². The van der Waals surface area contributed by atoms with Crippen molar-refractivity contribution < 1.29 is 4.39 Å². The lowest BCUT2D eigenvalue weighted by Crippen LogP contribution is -2.33.